The van der Waals surface area contributed by atoms with Gasteiger partial charge in [0.1, 0.15) is 5.67 Å². The lowest BCUT2D eigenvalue weighted by Gasteiger charge is -2.36. The van der Waals surface area contributed by atoms with Crippen molar-refractivity contribution in [2.45, 2.75) is 43.4 Å². The molecule has 0 radical (unpaired) electrons. The molecule has 2 fully saturated rings. The van der Waals surface area contributed by atoms with Gasteiger partial charge in [-0.05, 0) is 41.2 Å². The number of hydrogen-bond acceptors (Lipinski definition) is 3. The molecular weight excluding hydrogens is 403 g/mol. The number of halogens is 1. The zero-order chi connectivity index (χ0) is 22.4. The van der Waals surface area contributed by atoms with Gasteiger partial charge in [0.2, 0.25) is 0 Å². The highest BCUT2D eigenvalue weighted by Gasteiger charge is 2.41. The lowest BCUT2D eigenvalue weighted by atomic mass is 9.93. The summed E-state index contributed by atoms with van der Waals surface area (Å²) in [5.41, 5.74) is 1.63. The summed E-state index contributed by atoms with van der Waals surface area (Å²) in [6, 6.07) is 26.2. The highest BCUT2D eigenvalue weighted by Crippen LogP contribution is 2.42. The molecule has 2 unspecified atom stereocenters. The van der Waals surface area contributed by atoms with Gasteiger partial charge < -0.3 is 10.4 Å². The third-order valence-electron chi connectivity index (χ3n) is 6.67. The normalized spacial score (nSPS) is 22.0. The molecule has 5 heteroatoms. The van der Waals surface area contributed by atoms with E-state index in [0.717, 1.165) is 26.1 Å². The van der Waals surface area contributed by atoms with E-state index in [0.29, 0.717) is 31.3 Å². The monoisotopic (exact) mass is 434 g/mol. The van der Waals surface area contributed by atoms with Crippen molar-refractivity contribution in [3.63, 3.8) is 0 Å². The number of piperidine rings is 1. The molecular formula is C27H31FN2O2. The molecule has 1 heterocycles. The number of nitrogens with zero attached hydrogens (tertiary/aromatic N) is 1. The largest absolute Gasteiger partial charge is 0.483 e. The minimum absolute atomic E-state index is 0.250. The Morgan fingerprint density at radius 3 is 2.38 bits per heavy atom. The lowest BCUT2D eigenvalue weighted by molar-refractivity contribution is -0.122. The van der Waals surface area contributed by atoms with Crippen LogP contribution in [0.4, 0.5) is 4.39 Å². The molecule has 0 aromatic heterocycles. The Morgan fingerprint density at radius 2 is 1.66 bits per heavy atom. The molecule has 2 atom stereocenters. The Bertz CT molecular complexity index is 1020. The zero-order valence-corrected chi connectivity index (χ0v) is 18.3. The van der Waals surface area contributed by atoms with E-state index in [9.17, 15) is 0 Å². The first-order valence-corrected chi connectivity index (χ1v) is 11.4. The van der Waals surface area contributed by atoms with Crippen LogP contribution in [-0.2, 0) is 11.3 Å². The average molecular weight is 435 g/mol. The minimum atomic E-state index is -1.07. The van der Waals surface area contributed by atoms with Crippen molar-refractivity contribution in [1.82, 2.24) is 10.2 Å². The molecule has 1 saturated heterocycles. The average Bonchev–Trinajstić information content (AvgIpc) is 3.60. The van der Waals surface area contributed by atoms with Gasteiger partial charge in [0.15, 0.2) is 0 Å². The molecule has 2 N–H and O–H groups in total. The zero-order valence-electron chi connectivity index (χ0n) is 18.3. The molecule has 0 amide bonds. The van der Waals surface area contributed by atoms with Crippen LogP contribution in [0.5, 0.6) is 0 Å². The lowest BCUT2D eigenvalue weighted by Crippen LogP contribution is -2.47. The summed E-state index contributed by atoms with van der Waals surface area (Å²) >= 11 is 0. The van der Waals surface area contributed by atoms with E-state index in [1.54, 1.807) is 0 Å². The van der Waals surface area contributed by atoms with Gasteiger partial charge in [-0.2, -0.15) is 0 Å². The summed E-state index contributed by atoms with van der Waals surface area (Å²) in [5.74, 6) is 0.529. The quantitative estimate of drug-likeness (QED) is 0.537. The van der Waals surface area contributed by atoms with E-state index in [2.05, 4.69) is 76.9 Å². The molecule has 5 rings (SSSR count). The van der Waals surface area contributed by atoms with Crippen molar-refractivity contribution >= 4 is 17.2 Å². The molecule has 1 aliphatic carbocycles. The van der Waals surface area contributed by atoms with Gasteiger partial charge in [-0.15, -0.1) is 0 Å². The Balaban J connectivity index is 0.000000775. The molecule has 3 aromatic carbocycles. The number of likely N-dealkylation sites (tertiary alicyclic amines) is 1. The molecule has 32 heavy (non-hydrogen) atoms. The second kappa shape index (κ2) is 10.2. The number of carbonyl (C=O) groups is 1. The highest BCUT2D eigenvalue weighted by atomic mass is 19.1. The van der Waals surface area contributed by atoms with Crippen LogP contribution in [0, 0.1) is 0 Å². The maximum atomic E-state index is 15.3. The van der Waals surface area contributed by atoms with Crippen molar-refractivity contribution in [3.8, 4) is 0 Å². The van der Waals surface area contributed by atoms with E-state index < -0.39 is 5.67 Å². The minimum Gasteiger partial charge on any atom is -0.483 e. The van der Waals surface area contributed by atoms with Crippen molar-refractivity contribution < 1.29 is 14.3 Å². The Morgan fingerprint density at radius 1 is 1.00 bits per heavy atom. The van der Waals surface area contributed by atoms with Crippen LogP contribution in [0.25, 0.3) is 10.8 Å². The van der Waals surface area contributed by atoms with Crippen LogP contribution in [0.1, 0.15) is 36.3 Å². The third-order valence-corrected chi connectivity index (χ3v) is 6.67. The van der Waals surface area contributed by atoms with Crippen LogP contribution < -0.4 is 5.32 Å². The summed E-state index contributed by atoms with van der Waals surface area (Å²) in [5, 5.41) is 13.0. The van der Waals surface area contributed by atoms with Gasteiger partial charge in [-0.25, -0.2) is 4.39 Å². The van der Waals surface area contributed by atoms with Crippen molar-refractivity contribution in [2.24, 2.45) is 0 Å². The van der Waals surface area contributed by atoms with Crippen LogP contribution in [0.15, 0.2) is 72.8 Å². The van der Waals surface area contributed by atoms with E-state index in [1.807, 2.05) is 6.07 Å². The first-order chi connectivity index (χ1) is 15.6. The van der Waals surface area contributed by atoms with Gasteiger partial charge >= 0.3 is 0 Å². The number of nitrogens with one attached hydrogen (secondary N) is 1. The van der Waals surface area contributed by atoms with Gasteiger partial charge in [-0.3, -0.25) is 9.69 Å². The van der Waals surface area contributed by atoms with E-state index >= 15 is 4.39 Å². The Kier molecular flexibility index (Phi) is 7.18. The second-order valence-corrected chi connectivity index (χ2v) is 8.95. The summed E-state index contributed by atoms with van der Waals surface area (Å²) < 4.78 is 15.3. The fraction of sp³-hybridized carbons (Fsp3) is 0.370. The molecule has 2 aliphatic rings. The fourth-order valence-electron chi connectivity index (χ4n) is 4.67. The van der Waals surface area contributed by atoms with Crippen LogP contribution in [0.3, 0.4) is 0 Å². The topological polar surface area (TPSA) is 52.6 Å². The first-order valence-electron chi connectivity index (χ1n) is 11.4. The van der Waals surface area contributed by atoms with Gasteiger partial charge in [0.25, 0.3) is 6.47 Å². The van der Waals surface area contributed by atoms with Crippen molar-refractivity contribution in [3.05, 3.63) is 83.9 Å². The molecule has 4 nitrogen and oxygen atoms in total. The second-order valence-electron chi connectivity index (χ2n) is 8.95. The maximum Gasteiger partial charge on any atom is 0.290 e. The number of benzene rings is 3. The van der Waals surface area contributed by atoms with E-state index in [-0.39, 0.29) is 6.47 Å². The molecule has 0 spiro atoms. The summed E-state index contributed by atoms with van der Waals surface area (Å²) in [6.45, 7) is 2.84. The number of hydrogen-bond donors (Lipinski definition) is 2. The summed E-state index contributed by atoms with van der Waals surface area (Å²) in [4.78, 5) is 10.7. The standard InChI is InChI=1S/C26H29FN2.CH2O2/c27-26(12-14-29(15-13-26)18-20-6-2-1-3-7-20)19-28-25-17-24(25)23-11-10-21-8-4-5-9-22(21)16-23;2-1-3/h1-11,16,24-25,28H,12-15,17-19H2;1H,(H,2,3). The van der Waals surface area contributed by atoms with Gasteiger partial charge in [0, 0.05) is 38.1 Å². The van der Waals surface area contributed by atoms with Crippen molar-refractivity contribution in [1.29, 1.82) is 0 Å². The smallest absolute Gasteiger partial charge is 0.290 e. The third kappa shape index (κ3) is 5.72. The maximum absolute atomic E-state index is 15.3. The van der Waals surface area contributed by atoms with Crippen LogP contribution in [-0.4, -0.2) is 47.8 Å². The van der Waals surface area contributed by atoms with Gasteiger partial charge in [-0.1, -0.05) is 72.8 Å². The molecule has 168 valence electrons. The molecule has 0 bridgehead atoms. The van der Waals surface area contributed by atoms with Crippen LogP contribution >= 0.6 is 0 Å². The summed E-state index contributed by atoms with van der Waals surface area (Å²) in [6.07, 6.45) is 2.37. The number of fused-ring (bicyclic) bond motifs is 1. The van der Waals surface area contributed by atoms with E-state index in [1.165, 1.54) is 21.9 Å². The molecule has 3 aromatic rings. The Hall–Kier alpha value is -2.76. The molecule has 1 aliphatic heterocycles. The fourth-order valence-corrected chi connectivity index (χ4v) is 4.67. The van der Waals surface area contributed by atoms with Crippen LogP contribution in [0.2, 0.25) is 0 Å². The first kappa shape index (κ1) is 22.4. The van der Waals surface area contributed by atoms with E-state index in [4.69, 9.17) is 9.90 Å². The number of carboxylic acid groups (broad SMARTS) is 1. The number of alkyl halides is 1. The number of rotatable bonds is 6. The summed E-state index contributed by atoms with van der Waals surface area (Å²) in [7, 11) is 0. The SMILES string of the molecule is FC1(CNC2CC2c2ccc3ccccc3c2)CCN(Cc2ccccc2)CC1.O=CO. The predicted octanol–water partition coefficient (Wildman–Crippen LogP) is 4.99. The van der Waals surface area contributed by atoms with Crippen molar-refractivity contribution in [2.75, 3.05) is 19.6 Å². The Labute approximate surface area is 189 Å². The highest BCUT2D eigenvalue weighted by molar-refractivity contribution is 5.83. The molecule has 1 saturated carbocycles. The van der Waals surface area contributed by atoms with Gasteiger partial charge in [0.05, 0.1) is 0 Å². The predicted molar refractivity (Wildman–Crippen MR) is 127 cm³/mol.